The van der Waals surface area contributed by atoms with Crippen LogP contribution in [-0.2, 0) is 11.2 Å². The Labute approximate surface area is 80.8 Å². The first kappa shape index (κ1) is 8.99. The van der Waals surface area contributed by atoms with Crippen molar-refractivity contribution in [2.45, 2.75) is 12.8 Å². The van der Waals surface area contributed by atoms with Gasteiger partial charge < -0.3 is 10.0 Å². The molecular weight excluding hydrogens is 185 g/mol. The number of anilines is 1. The number of hydrogen-bond donors (Lipinski definition) is 1. The summed E-state index contributed by atoms with van der Waals surface area (Å²) in [6, 6.07) is 2.83. The van der Waals surface area contributed by atoms with Gasteiger partial charge >= 0.3 is 0 Å². The zero-order valence-electron chi connectivity index (χ0n) is 7.75. The van der Waals surface area contributed by atoms with Crippen LogP contribution in [0.25, 0.3) is 0 Å². The summed E-state index contributed by atoms with van der Waals surface area (Å²) in [7, 11) is 1.61. The van der Waals surface area contributed by atoms with Crippen molar-refractivity contribution in [2.24, 2.45) is 0 Å². The third kappa shape index (κ3) is 1.14. The molecule has 1 heterocycles. The molecule has 3 nitrogen and oxygen atoms in total. The second kappa shape index (κ2) is 2.97. The number of rotatable bonds is 0. The smallest absolute Gasteiger partial charge is 0.227 e. The largest absolute Gasteiger partial charge is 0.505 e. The average Bonchev–Trinajstić information content (AvgIpc) is 2.17. The molecule has 1 N–H and O–H groups in total. The lowest BCUT2D eigenvalue weighted by atomic mass is 10.0. The van der Waals surface area contributed by atoms with E-state index >= 15 is 0 Å². The van der Waals surface area contributed by atoms with E-state index in [1.54, 1.807) is 13.1 Å². The molecule has 0 radical (unpaired) electrons. The SMILES string of the molecule is CN1C(=O)CCc2c1ccc(O)c2F. The van der Waals surface area contributed by atoms with Crippen LogP contribution in [0.2, 0.25) is 0 Å². The van der Waals surface area contributed by atoms with Crippen molar-refractivity contribution in [3.05, 3.63) is 23.5 Å². The lowest BCUT2D eigenvalue weighted by Crippen LogP contribution is -2.31. The normalized spacial score (nSPS) is 15.6. The van der Waals surface area contributed by atoms with Gasteiger partial charge in [0.2, 0.25) is 5.91 Å². The number of phenols is 1. The first-order valence-corrected chi connectivity index (χ1v) is 4.38. The molecule has 0 atom stereocenters. The van der Waals surface area contributed by atoms with Crippen LogP contribution in [0.1, 0.15) is 12.0 Å². The van der Waals surface area contributed by atoms with E-state index in [-0.39, 0.29) is 11.7 Å². The molecule has 4 heteroatoms. The lowest BCUT2D eigenvalue weighted by Gasteiger charge is -2.25. The molecule has 0 bridgehead atoms. The number of aromatic hydroxyl groups is 1. The van der Waals surface area contributed by atoms with Crippen LogP contribution >= 0.6 is 0 Å². The van der Waals surface area contributed by atoms with E-state index in [4.69, 9.17) is 5.11 Å². The molecule has 74 valence electrons. The first-order valence-electron chi connectivity index (χ1n) is 4.38. The molecule has 1 aliphatic heterocycles. The Morgan fingerprint density at radius 1 is 1.43 bits per heavy atom. The third-order valence-electron chi connectivity index (χ3n) is 2.52. The molecule has 0 aromatic heterocycles. The average molecular weight is 195 g/mol. The number of phenolic OH excluding ortho intramolecular Hbond substituents is 1. The predicted octanol–water partition coefficient (Wildman–Crippen LogP) is 1.44. The second-order valence-electron chi connectivity index (χ2n) is 3.35. The highest BCUT2D eigenvalue weighted by Gasteiger charge is 2.24. The van der Waals surface area contributed by atoms with Crippen molar-refractivity contribution in [2.75, 3.05) is 11.9 Å². The van der Waals surface area contributed by atoms with E-state index < -0.39 is 5.82 Å². The summed E-state index contributed by atoms with van der Waals surface area (Å²) in [4.78, 5) is 12.7. The molecular formula is C10H10FNO2. The van der Waals surface area contributed by atoms with Crippen LogP contribution in [0.4, 0.5) is 10.1 Å². The number of hydrogen-bond acceptors (Lipinski definition) is 2. The van der Waals surface area contributed by atoms with Gasteiger partial charge in [0, 0.05) is 24.7 Å². The molecule has 0 unspecified atom stereocenters. The maximum atomic E-state index is 13.4. The Kier molecular flexibility index (Phi) is 1.91. The summed E-state index contributed by atoms with van der Waals surface area (Å²) >= 11 is 0. The summed E-state index contributed by atoms with van der Waals surface area (Å²) < 4.78 is 13.4. The van der Waals surface area contributed by atoms with Crippen molar-refractivity contribution in [3.8, 4) is 5.75 Å². The highest BCUT2D eigenvalue weighted by atomic mass is 19.1. The van der Waals surface area contributed by atoms with Crippen LogP contribution in [0.5, 0.6) is 5.75 Å². The summed E-state index contributed by atoms with van der Waals surface area (Å²) in [6.45, 7) is 0. The van der Waals surface area contributed by atoms with Crippen LogP contribution in [0.3, 0.4) is 0 Å². The predicted molar refractivity (Wildman–Crippen MR) is 49.8 cm³/mol. The fourth-order valence-corrected chi connectivity index (χ4v) is 1.68. The van der Waals surface area contributed by atoms with Gasteiger partial charge in [-0.1, -0.05) is 0 Å². The zero-order valence-corrected chi connectivity index (χ0v) is 7.75. The molecule has 0 aliphatic carbocycles. The Bertz CT molecular complexity index is 403. The maximum Gasteiger partial charge on any atom is 0.227 e. The van der Waals surface area contributed by atoms with Gasteiger partial charge in [-0.05, 0) is 18.6 Å². The minimum Gasteiger partial charge on any atom is -0.505 e. The van der Waals surface area contributed by atoms with E-state index in [0.29, 0.717) is 24.1 Å². The molecule has 1 aromatic rings. The van der Waals surface area contributed by atoms with Gasteiger partial charge in [-0.3, -0.25) is 4.79 Å². The van der Waals surface area contributed by atoms with E-state index in [2.05, 4.69) is 0 Å². The van der Waals surface area contributed by atoms with Crippen LogP contribution in [0.15, 0.2) is 12.1 Å². The number of fused-ring (bicyclic) bond motifs is 1. The third-order valence-corrected chi connectivity index (χ3v) is 2.52. The lowest BCUT2D eigenvalue weighted by molar-refractivity contribution is -0.118. The van der Waals surface area contributed by atoms with Gasteiger partial charge in [0.25, 0.3) is 0 Å². The summed E-state index contributed by atoms with van der Waals surface area (Å²) in [5.74, 6) is -0.990. The van der Waals surface area contributed by atoms with Gasteiger partial charge in [0.05, 0.1) is 0 Å². The standard InChI is InChI=1S/C10H10FNO2/c1-12-7-3-4-8(13)10(11)6(7)2-5-9(12)14/h3-4,13H,2,5H2,1H3. The molecule has 0 saturated carbocycles. The Hall–Kier alpha value is -1.58. The van der Waals surface area contributed by atoms with Crippen molar-refractivity contribution in [1.29, 1.82) is 0 Å². The van der Waals surface area contributed by atoms with Crippen molar-refractivity contribution < 1.29 is 14.3 Å². The second-order valence-corrected chi connectivity index (χ2v) is 3.35. The molecule has 0 spiro atoms. The number of nitrogens with zero attached hydrogens (tertiary/aromatic N) is 1. The number of amides is 1. The first-order chi connectivity index (χ1) is 6.61. The molecule has 2 rings (SSSR count). The molecule has 14 heavy (non-hydrogen) atoms. The number of halogens is 1. The minimum atomic E-state index is -0.609. The van der Waals surface area contributed by atoms with Gasteiger partial charge in [0.15, 0.2) is 11.6 Å². The van der Waals surface area contributed by atoms with E-state index in [0.717, 1.165) is 0 Å². The Morgan fingerprint density at radius 3 is 2.86 bits per heavy atom. The summed E-state index contributed by atoms with van der Waals surface area (Å²) in [5.41, 5.74) is 0.976. The topological polar surface area (TPSA) is 40.5 Å². The van der Waals surface area contributed by atoms with E-state index in [1.807, 2.05) is 0 Å². The van der Waals surface area contributed by atoms with Gasteiger partial charge in [-0.15, -0.1) is 0 Å². The number of carbonyl (C=O) groups excluding carboxylic acids is 1. The van der Waals surface area contributed by atoms with Crippen molar-refractivity contribution >= 4 is 11.6 Å². The summed E-state index contributed by atoms with van der Waals surface area (Å²) in [6.07, 6.45) is 0.655. The highest BCUT2D eigenvalue weighted by Crippen LogP contribution is 2.32. The van der Waals surface area contributed by atoms with E-state index in [9.17, 15) is 9.18 Å². The Morgan fingerprint density at radius 2 is 2.14 bits per heavy atom. The summed E-state index contributed by atoms with van der Waals surface area (Å²) in [5, 5.41) is 9.15. The molecule has 1 amide bonds. The fourth-order valence-electron chi connectivity index (χ4n) is 1.68. The van der Waals surface area contributed by atoms with Crippen molar-refractivity contribution in [3.63, 3.8) is 0 Å². The minimum absolute atomic E-state index is 0.0254. The molecule has 0 saturated heterocycles. The van der Waals surface area contributed by atoms with Gasteiger partial charge in [0.1, 0.15) is 0 Å². The molecule has 1 aliphatic rings. The molecule has 0 fully saturated rings. The fraction of sp³-hybridized carbons (Fsp3) is 0.300. The quantitative estimate of drug-likeness (QED) is 0.680. The number of carbonyl (C=O) groups is 1. The van der Waals surface area contributed by atoms with Gasteiger partial charge in [-0.2, -0.15) is 0 Å². The van der Waals surface area contributed by atoms with Gasteiger partial charge in [-0.25, -0.2) is 4.39 Å². The highest BCUT2D eigenvalue weighted by molar-refractivity contribution is 5.96. The Balaban J connectivity index is 2.59. The zero-order chi connectivity index (χ0) is 10.3. The maximum absolute atomic E-state index is 13.4. The monoisotopic (exact) mass is 195 g/mol. The van der Waals surface area contributed by atoms with E-state index in [1.165, 1.54) is 11.0 Å². The van der Waals surface area contributed by atoms with Crippen LogP contribution < -0.4 is 4.90 Å². The molecule has 1 aromatic carbocycles. The van der Waals surface area contributed by atoms with Crippen molar-refractivity contribution in [1.82, 2.24) is 0 Å². The number of benzene rings is 1. The van der Waals surface area contributed by atoms with Crippen LogP contribution in [-0.4, -0.2) is 18.1 Å². The van der Waals surface area contributed by atoms with Crippen LogP contribution in [0, 0.1) is 5.82 Å².